The van der Waals surface area contributed by atoms with Gasteiger partial charge >= 0.3 is 0 Å². The Bertz CT molecular complexity index is 1480. The molecular formula is C43H60O6. The molecule has 2 aliphatic heterocycles. The van der Waals surface area contributed by atoms with E-state index in [2.05, 4.69) is 57.2 Å². The zero-order chi connectivity index (χ0) is 34.4. The van der Waals surface area contributed by atoms with Crippen molar-refractivity contribution in [3.63, 3.8) is 0 Å². The Kier molecular flexibility index (Phi) is 8.47. The van der Waals surface area contributed by atoms with Gasteiger partial charge in [0, 0.05) is 23.9 Å². The Morgan fingerprint density at radius 2 is 1.69 bits per heavy atom. The number of carbonyl (C=O) groups excluding carboxylic acids is 1. The Morgan fingerprint density at radius 3 is 2.37 bits per heavy atom. The van der Waals surface area contributed by atoms with E-state index in [1.54, 1.807) is 0 Å². The molecule has 268 valence electrons. The molecule has 0 bridgehead atoms. The highest BCUT2D eigenvalue weighted by Crippen LogP contribution is 2.72. The molecule has 1 aromatic rings. The molecule has 7 aliphatic rings. The lowest BCUT2D eigenvalue weighted by Crippen LogP contribution is -2.66. The molecule has 1 saturated heterocycles. The maximum absolute atomic E-state index is 14.5. The molecule has 0 unspecified atom stereocenters. The van der Waals surface area contributed by atoms with Crippen LogP contribution in [0.4, 0.5) is 0 Å². The number of benzene rings is 1. The summed E-state index contributed by atoms with van der Waals surface area (Å²) in [5.41, 5.74) is -1.66. The zero-order valence-electron chi connectivity index (χ0n) is 30.3. The average Bonchev–Trinajstić information content (AvgIpc) is 3.63. The maximum Gasteiger partial charge on any atom is 0.159 e. The third-order valence-electron chi connectivity index (χ3n) is 16.1. The maximum atomic E-state index is 14.5. The predicted octanol–water partition coefficient (Wildman–Crippen LogP) is 7.31. The summed E-state index contributed by atoms with van der Waals surface area (Å²) in [6, 6.07) is 10.5. The summed E-state index contributed by atoms with van der Waals surface area (Å²) in [7, 11) is 0. The van der Waals surface area contributed by atoms with Gasteiger partial charge in [0.25, 0.3) is 0 Å². The summed E-state index contributed by atoms with van der Waals surface area (Å²) < 4.78 is 12.8. The fourth-order valence-corrected chi connectivity index (χ4v) is 13.0. The molecule has 13 atom stereocenters. The minimum Gasteiger partial charge on any atom is -0.387 e. The second-order valence-electron chi connectivity index (χ2n) is 18.2. The minimum absolute atomic E-state index is 0.117. The Balaban J connectivity index is 1.12. The van der Waals surface area contributed by atoms with Crippen LogP contribution in [0.5, 0.6) is 0 Å². The van der Waals surface area contributed by atoms with E-state index in [1.807, 2.05) is 19.1 Å². The molecule has 5 fully saturated rings. The van der Waals surface area contributed by atoms with Crippen LogP contribution < -0.4 is 0 Å². The molecule has 0 aromatic heterocycles. The van der Waals surface area contributed by atoms with E-state index < -0.39 is 34.4 Å². The molecular weight excluding hydrogens is 612 g/mol. The van der Waals surface area contributed by atoms with Crippen LogP contribution in [0.15, 0.2) is 54.1 Å². The fourth-order valence-electron chi connectivity index (χ4n) is 13.0. The van der Waals surface area contributed by atoms with Crippen molar-refractivity contribution in [2.24, 2.45) is 46.3 Å². The molecule has 6 heteroatoms. The normalized spacial score (nSPS) is 47.2. The third-order valence-corrected chi connectivity index (χ3v) is 16.1. The van der Waals surface area contributed by atoms with Crippen LogP contribution in [0.25, 0.3) is 0 Å². The summed E-state index contributed by atoms with van der Waals surface area (Å²) in [6.07, 6.45) is 15.8. The number of aliphatic hydroxyl groups excluding tert-OH is 1. The first-order chi connectivity index (χ1) is 23.4. The lowest BCUT2D eigenvalue weighted by atomic mass is 9.42. The van der Waals surface area contributed by atoms with Crippen molar-refractivity contribution in [3.8, 4) is 0 Å². The van der Waals surface area contributed by atoms with Gasteiger partial charge in [0.15, 0.2) is 5.78 Å². The number of fused-ring (bicyclic) bond motifs is 5. The van der Waals surface area contributed by atoms with Crippen molar-refractivity contribution in [1.29, 1.82) is 0 Å². The number of carbonyl (C=O) groups is 1. The van der Waals surface area contributed by atoms with Crippen LogP contribution in [0, 0.1) is 46.3 Å². The van der Waals surface area contributed by atoms with E-state index in [0.717, 1.165) is 56.9 Å². The number of rotatable bonds is 5. The number of hydrogen-bond acceptors (Lipinski definition) is 6. The third kappa shape index (κ3) is 5.00. The Morgan fingerprint density at radius 1 is 0.939 bits per heavy atom. The molecule has 4 saturated carbocycles. The summed E-state index contributed by atoms with van der Waals surface area (Å²) in [5, 5.41) is 37.9. The summed E-state index contributed by atoms with van der Waals surface area (Å²) in [6.45, 7) is 9.63. The first-order valence-corrected chi connectivity index (χ1v) is 19.7. The van der Waals surface area contributed by atoms with Crippen molar-refractivity contribution in [2.75, 3.05) is 13.2 Å². The average molecular weight is 673 g/mol. The standard InChI is InChI=1S/C43H60O6/c1-27-25-48-37(28(27)2)38(45)40(4,46)36-17-20-43(47)33-23-35(44)34-24-41(18-15-30(26-49-41)29-11-7-5-8-12-29)22-21-39(34,3)32(33)16-19-42(36,43)31-13-9-6-10-14-31/h5,7-8,11-12,15,18,23,27-28,30-32,34,36-38,45-47H,6,9-10,13-14,16-17,19-22,24-26H2,1-4H3/t27-,28+,30+,32-,34-,36+,37-,38+,39+,40-,41-,42-,43+/m0/s1. The molecule has 6 nitrogen and oxygen atoms in total. The largest absolute Gasteiger partial charge is 0.387 e. The van der Waals surface area contributed by atoms with E-state index in [-0.39, 0.29) is 46.7 Å². The Labute approximate surface area is 293 Å². The molecule has 0 radical (unpaired) electrons. The van der Waals surface area contributed by atoms with Crippen LogP contribution in [0.2, 0.25) is 0 Å². The van der Waals surface area contributed by atoms with Gasteiger partial charge in [-0.2, -0.15) is 0 Å². The van der Waals surface area contributed by atoms with Crippen LogP contribution in [-0.2, 0) is 14.3 Å². The quantitative estimate of drug-likeness (QED) is 0.284. The van der Waals surface area contributed by atoms with Crippen LogP contribution in [0.3, 0.4) is 0 Å². The number of hydrogen-bond donors (Lipinski definition) is 3. The number of ketones is 1. The van der Waals surface area contributed by atoms with Gasteiger partial charge in [-0.05, 0) is 117 Å². The van der Waals surface area contributed by atoms with Gasteiger partial charge in [-0.3, -0.25) is 4.79 Å². The second kappa shape index (κ2) is 12.1. The minimum atomic E-state index is -1.43. The molecule has 2 heterocycles. The highest BCUT2D eigenvalue weighted by molar-refractivity contribution is 5.95. The first-order valence-electron chi connectivity index (χ1n) is 19.7. The first kappa shape index (κ1) is 34.3. The van der Waals surface area contributed by atoms with Crippen molar-refractivity contribution in [1.82, 2.24) is 0 Å². The highest BCUT2D eigenvalue weighted by atomic mass is 16.5. The molecule has 8 rings (SSSR count). The van der Waals surface area contributed by atoms with Crippen LogP contribution in [0.1, 0.15) is 116 Å². The van der Waals surface area contributed by atoms with E-state index in [4.69, 9.17) is 9.47 Å². The van der Waals surface area contributed by atoms with Crippen molar-refractivity contribution in [3.05, 3.63) is 59.7 Å². The summed E-state index contributed by atoms with van der Waals surface area (Å²) in [4.78, 5) is 14.5. The van der Waals surface area contributed by atoms with Crippen LogP contribution >= 0.6 is 0 Å². The van der Waals surface area contributed by atoms with Crippen molar-refractivity contribution < 1.29 is 29.6 Å². The second-order valence-corrected chi connectivity index (χ2v) is 18.2. The molecule has 1 spiro atoms. The van der Waals surface area contributed by atoms with Gasteiger partial charge in [-0.25, -0.2) is 0 Å². The lowest BCUT2D eigenvalue weighted by molar-refractivity contribution is -0.215. The number of aliphatic hydroxyl groups is 3. The fraction of sp³-hybridized carbons (Fsp3) is 0.744. The monoisotopic (exact) mass is 672 g/mol. The molecule has 49 heavy (non-hydrogen) atoms. The number of allylic oxidation sites excluding steroid dienone is 1. The topological polar surface area (TPSA) is 96.2 Å². The van der Waals surface area contributed by atoms with Crippen molar-refractivity contribution in [2.45, 2.75) is 140 Å². The molecule has 0 amide bonds. The summed E-state index contributed by atoms with van der Waals surface area (Å²) in [5.74, 6) is 0.752. The number of ether oxygens (including phenoxy) is 2. The van der Waals surface area contributed by atoms with E-state index in [0.29, 0.717) is 38.4 Å². The van der Waals surface area contributed by atoms with Gasteiger partial charge in [-0.15, -0.1) is 0 Å². The highest BCUT2D eigenvalue weighted by Gasteiger charge is 2.73. The van der Waals surface area contributed by atoms with Gasteiger partial charge in [-0.1, -0.05) is 82.5 Å². The molecule has 1 aromatic carbocycles. The Hall–Kier alpha value is -1.83. The van der Waals surface area contributed by atoms with Gasteiger partial charge in [0.1, 0.15) is 6.10 Å². The van der Waals surface area contributed by atoms with E-state index in [1.165, 1.54) is 12.0 Å². The van der Waals surface area contributed by atoms with E-state index >= 15 is 0 Å². The summed E-state index contributed by atoms with van der Waals surface area (Å²) >= 11 is 0. The molecule has 3 N–H and O–H groups in total. The van der Waals surface area contributed by atoms with Gasteiger partial charge < -0.3 is 24.8 Å². The van der Waals surface area contributed by atoms with Gasteiger partial charge in [0.05, 0.1) is 29.5 Å². The predicted molar refractivity (Wildman–Crippen MR) is 190 cm³/mol. The van der Waals surface area contributed by atoms with E-state index in [9.17, 15) is 20.1 Å². The van der Waals surface area contributed by atoms with Crippen molar-refractivity contribution >= 4 is 5.78 Å². The SMILES string of the molecule is C[C@H]1[C@@H]([C@@H](O)[C@@](C)(O)[C@H]2CC[C@@]3(O)C4=CC(=O)[C@@H]5C[C@]6(C=C[C@@H](c7ccccc7)CO6)CC[C@]5(C)[C@H]4CC[C@]23C2CCCCC2)OC[C@@H]1C. The zero-order valence-corrected chi connectivity index (χ0v) is 30.3. The van der Waals surface area contributed by atoms with Gasteiger partial charge in [0.2, 0.25) is 0 Å². The lowest BCUT2D eigenvalue weighted by Gasteiger charge is -2.64. The molecule has 5 aliphatic carbocycles. The van der Waals surface area contributed by atoms with Crippen LogP contribution in [-0.4, -0.2) is 63.3 Å². The smallest absolute Gasteiger partial charge is 0.159 e.